The molecule has 2 aliphatic heterocycles. The van der Waals surface area contributed by atoms with E-state index in [4.69, 9.17) is 4.74 Å². The first-order valence-corrected chi connectivity index (χ1v) is 9.37. The molecule has 0 aromatic heterocycles. The van der Waals surface area contributed by atoms with Crippen LogP contribution < -0.4 is 9.64 Å². The monoisotopic (exact) mass is 377 g/mol. The van der Waals surface area contributed by atoms with Crippen LogP contribution in [-0.4, -0.2) is 62.0 Å². The molecule has 0 N–H and O–H groups in total. The molecule has 0 bridgehead atoms. The molecule has 28 heavy (non-hydrogen) atoms. The highest BCUT2D eigenvalue weighted by atomic mass is 16.5. The average molecular weight is 377 g/mol. The van der Waals surface area contributed by atoms with Gasteiger partial charge in [-0.15, -0.1) is 0 Å². The molecule has 2 heterocycles. The van der Waals surface area contributed by atoms with Crippen LogP contribution in [0.2, 0.25) is 0 Å². The number of amides is 2. The first-order valence-electron chi connectivity index (χ1n) is 9.37. The second-order valence-electron chi connectivity index (χ2n) is 7.00. The summed E-state index contributed by atoms with van der Waals surface area (Å²) in [6, 6.07) is 16.5. The van der Waals surface area contributed by atoms with Crippen molar-refractivity contribution in [3.05, 3.63) is 65.9 Å². The third-order valence-electron chi connectivity index (χ3n) is 5.27. The summed E-state index contributed by atoms with van der Waals surface area (Å²) in [7, 11) is 3.60. The number of likely N-dealkylation sites (N-methyl/N-ethyl adjacent to an activating group) is 1. The minimum atomic E-state index is -0.311. The fraction of sp³-hybridized carbons (Fsp3) is 0.273. The van der Waals surface area contributed by atoms with Gasteiger partial charge in [-0.3, -0.25) is 9.59 Å². The van der Waals surface area contributed by atoms with E-state index in [2.05, 4.69) is 11.9 Å². The lowest BCUT2D eigenvalue weighted by Gasteiger charge is -2.34. The topological polar surface area (TPSA) is 53.1 Å². The fourth-order valence-corrected chi connectivity index (χ4v) is 3.74. The highest BCUT2D eigenvalue weighted by Crippen LogP contribution is 2.38. The van der Waals surface area contributed by atoms with Crippen LogP contribution in [0.3, 0.4) is 0 Å². The number of ether oxygens (including phenoxy) is 1. The number of hydrogen-bond acceptors (Lipinski definition) is 5. The lowest BCUT2D eigenvalue weighted by atomic mass is 10.0. The number of imide groups is 1. The molecule has 4 rings (SSSR count). The Morgan fingerprint density at radius 3 is 2.14 bits per heavy atom. The number of anilines is 1. The van der Waals surface area contributed by atoms with Crippen molar-refractivity contribution in [3.63, 3.8) is 0 Å². The van der Waals surface area contributed by atoms with Gasteiger partial charge in [0.05, 0.1) is 18.4 Å². The van der Waals surface area contributed by atoms with E-state index < -0.39 is 0 Å². The smallest absolute Gasteiger partial charge is 0.282 e. The molecule has 1 saturated heterocycles. The van der Waals surface area contributed by atoms with E-state index in [1.165, 1.54) is 12.0 Å². The summed E-state index contributed by atoms with van der Waals surface area (Å²) in [6.07, 6.45) is 0. The van der Waals surface area contributed by atoms with E-state index in [1.54, 1.807) is 18.2 Å². The second-order valence-corrected chi connectivity index (χ2v) is 7.00. The normalized spacial score (nSPS) is 18.2. The molecule has 6 heteroatoms. The van der Waals surface area contributed by atoms with E-state index in [-0.39, 0.29) is 11.8 Å². The summed E-state index contributed by atoms with van der Waals surface area (Å²) in [5, 5.41) is 0. The van der Waals surface area contributed by atoms with Crippen LogP contribution in [0.4, 0.5) is 5.69 Å². The van der Waals surface area contributed by atoms with E-state index in [9.17, 15) is 9.59 Å². The number of benzene rings is 2. The van der Waals surface area contributed by atoms with Crippen LogP contribution in [-0.2, 0) is 9.59 Å². The van der Waals surface area contributed by atoms with Crippen LogP contribution in [0.25, 0.3) is 5.57 Å². The number of methoxy groups -OCH3 is 1. The summed E-state index contributed by atoms with van der Waals surface area (Å²) in [4.78, 5) is 32.4. The SMILES string of the molecule is COc1ccccc1N1C(=O)C(c2ccccc2)=C(N2CCN(C)CC2)C1=O. The van der Waals surface area contributed by atoms with Gasteiger partial charge in [0.1, 0.15) is 11.4 Å². The molecule has 0 aliphatic carbocycles. The van der Waals surface area contributed by atoms with Gasteiger partial charge < -0.3 is 14.5 Å². The Labute approximate surface area is 164 Å². The van der Waals surface area contributed by atoms with Gasteiger partial charge in [-0.05, 0) is 24.7 Å². The number of rotatable bonds is 4. The van der Waals surface area contributed by atoms with Gasteiger partial charge >= 0.3 is 0 Å². The highest BCUT2D eigenvalue weighted by molar-refractivity contribution is 6.45. The van der Waals surface area contributed by atoms with Gasteiger partial charge in [-0.25, -0.2) is 4.90 Å². The average Bonchev–Trinajstić information content (AvgIpc) is 2.99. The summed E-state index contributed by atoms with van der Waals surface area (Å²) in [6.45, 7) is 3.12. The molecule has 0 saturated carbocycles. The maximum absolute atomic E-state index is 13.5. The fourth-order valence-electron chi connectivity index (χ4n) is 3.74. The predicted octanol–water partition coefficient (Wildman–Crippen LogP) is 2.23. The Kier molecular flexibility index (Phi) is 4.88. The predicted molar refractivity (Wildman–Crippen MR) is 108 cm³/mol. The minimum absolute atomic E-state index is 0.294. The number of hydrogen-bond donors (Lipinski definition) is 0. The van der Waals surface area contributed by atoms with E-state index in [1.807, 2.05) is 41.3 Å². The number of carbonyl (C=O) groups is 2. The summed E-state index contributed by atoms with van der Waals surface area (Å²) in [5.41, 5.74) is 2.17. The first-order chi connectivity index (χ1) is 13.6. The maximum Gasteiger partial charge on any atom is 0.282 e. The number of carbonyl (C=O) groups excluding carboxylic acids is 2. The van der Waals surface area contributed by atoms with Crippen molar-refractivity contribution in [2.24, 2.45) is 0 Å². The van der Waals surface area contributed by atoms with Gasteiger partial charge in [0.25, 0.3) is 11.8 Å². The Morgan fingerprint density at radius 1 is 0.821 bits per heavy atom. The van der Waals surface area contributed by atoms with Crippen LogP contribution in [0.5, 0.6) is 5.75 Å². The molecule has 2 aliphatic rings. The number of para-hydroxylation sites is 2. The van der Waals surface area contributed by atoms with Crippen molar-refractivity contribution in [2.45, 2.75) is 0 Å². The van der Waals surface area contributed by atoms with Crippen LogP contribution in [0, 0.1) is 0 Å². The Bertz CT molecular complexity index is 931. The van der Waals surface area contributed by atoms with E-state index >= 15 is 0 Å². The number of nitrogens with zero attached hydrogens (tertiary/aromatic N) is 3. The minimum Gasteiger partial charge on any atom is -0.495 e. The Morgan fingerprint density at radius 2 is 1.46 bits per heavy atom. The summed E-state index contributed by atoms with van der Waals surface area (Å²) >= 11 is 0. The zero-order valence-corrected chi connectivity index (χ0v) is 16.1. The van der Waals surface area contributed by atoms with Crippen molar-refractivity contribution in [2.75, 3.05) is 45.2 Å². The molecule has 0 unspecified atom stereocenters. The molecule has 2 aromatic rings. The number of piperazine rings is 1. The largest absolute Gasteiger partial charge is 0.495 e. The molecule has 2 aromatic carbocycles. The quantitative estimate of drug-likeness (QED) is 0.765. The van der Waals surface area contributed by atoms with E-state index in [0.29, 0.717) is 35.8 Å². The second kappa shape index (κ2) is 7.48. The van der Waals surface area contributed by atoms with Gasteiger partial charge in [-0.1, -0.05) is 42.5 Å². The van der Waals surface area contributed by atoms with Crippen molar-refractivity contribution in [1.29, 1.82) is 0 Å². The molecule has 1 fully saturated rings. The van der Waals surface area contributed by atoms with E-state index in [0.717, 1.165) is 18.7 Å². The molecular formula is C22H23N3O3. The Balaban J connectivity index is 1.82. The molecule has 2 amide bonds. The van der Waals surface area contributed by atoms with Gasteiger partial charge in [0, 0.05) is 26.2 Å². The van der Waals surface area contributed by atoms with Crippen molar-refractivity contribution in [1.82, 2.24) is 9.80 Å². The summed E-state index contributed by atoms with van der Waals surface area (Å²) < 4.78 is 5.41. The van der Waals surface area contributed by atoms with Crippen LogP contribution in [0.1, 0.15) is 5.56 Å². The van der Waals surface area contributed by atoms with Crippen molar-refractivity contribution >= 4 is 23.1 Å². The third-order valence-corrected chi connectivity index (χ3v) is 5.27. The lowest BCUT2D eigenvalue weighted by molar-refractivity contribution is -0.120. The van der Waals surface area contributed by atoms with Crippen LogP contribution >= 0.6 is 0 Å². The highest BCUT2D eigenvalue weighted by Gasteiger charge is 2.43. The summed E-state index contributed by atoms with van der Waals surface area (Å²) in [5.74, 6) is -0.108. The third kappa shape index (κ3) is 3.05. The zero-order valence-electron chi connectivity index (χ0n) is 16.1. The molecule has 6 nitrogen and oxygen atoms in total. The standard InChI is InChI=1S/C22H23N3O3/c1-23-12-14-24(15-13-23)20-19(16-8-4-3-5-9-16)21(26)25(22(20)27)17-10-6-7-11-18(17)28-2/h3-11H,12-15H2,1-2H3. The maximum atomic E-state index is 13.5. The lowest BCUT2D eigenvalue weighted by Crippen LogP contribution is -2.46. The Hall–Kier alpha value is -3.12. The first kappa shape index (κ1) is 18.3. The molecule has 144 valence electrons. The van der Waals surface area contributed by atoms with Crippen molar-refractivity contribution in [3.8, 4) is 5.75 Å². The molecule has 0 spiro atoms. The van der Waals surface area contributed by atoms with Gasteiger partial charge in [0.15, 0.2) is 0 Å². The molecule has 0 atom stereocenters. The zero-order chi connectivity index (χ0) is 19.7. The molecule has 0 radical (unpaired) electrons. The van der Waals surface area contributed by atoms with Crippen molar-refractivity contribution < 1.29 is 14.3 Å². The molecular weight excluding hydrogens is 354 g/mol. The van der Waals surface area contributed by atoms with Gasteiger partial charge in [-0.2, -0.15) is 0 Å². The van der Waals surface area contributed by atoms with Crippen LogP contribution in [0.15, 0.2) is 60.3 Å². The van der Waals surface area contributed by atoms with Gasteiger partial charge in [0.2, 0.25) is 0 Å².